The van der Waals surface area contributed by atoms with Crippen molar-refractivity contribution in [3.8, 4) is 5.75 Å². The predicted molar refractivity (Wildman–Crippen MR) is 238 cm³/mol. The van der Waals surface area contributed by atoms with E-state index in [0.717, 1.165) is 75.5 Å². The summed E-state index contributed by atoms with van der Waals surface area (Å²) in [5.41, 5.74) is 0.603. The first-order valence-electron chi connectivity index (χ1n) is 22.8. The second-order valence-electron chi connectivity index (χ2n) is 19.5. The van der Waals surface area contributed by atoms with E-state index in [1.54, 1.807) is 20.1 Å². The summed E-state index contributed by atoms with van der Waals surface area (Å²) < 4.78 is 43.0. The van der Waals surface area contributed by atoms with Crippen LogP contribution in [0.1, 0.15) is 104 Å². The summed E-state index contributed by atoms with van der Waals surface area (Å²) in [6.07, 6.45) is 9.03. The Hall–Kier alpha value is -3.75. The van der Waals surface area contributed by atoms with Gasteiger partial charge < -0.3 is 19.4 Å². The van der Waals surface area contributed by atoms with Gasteiger partial charge in [-0.25, -0.2) is 0 Å². The van der Waals surface area contributed by atoms with E-state index in [1.165, 1.54) is 4.90 Å². The number of methoxy groups -OCH3 is 1. The first kappa shape index (κ1) is 48.2. The van der Waals surface area contributed by atoms with Gasteiger partial charge >= 0.3 is 228 Å². The van der Waals surface area contributed by atoms with Gasteiger partial charge in [-0.2, -0.15) is 0 Å². The number of hydrogen-bond acceptors (Lipinski definition) is 11. The van der Waals surface area contributed by atoms with Crippen LogP contribution in [0.2, 0.25) is 0 Å². The van der Waals surface area contributed by atoms with Crippen molar-refractivity contribution in [2.24, 2.45) is 11.3 Å². The molecule has 354 valence electrons. The number of fused-ring (bicyclic) bond motifs is 1. The number of hydrogen-bond donors (Lipinski definition) is 4. The van der Waals surface area contributed by atoms with Gasteiger partial charge in [0.25, 0.3) is 5.56 Å². The molecule has 5 aliphatic rings. The monoisotopic (exact) mass is 1020 g/mol. The SMILES string of the molecule is C=C[C@@H]1[I-][C@]1(NC(=O)[C@@H]1CCCN1C(=O)[C@@H](NC(=O)OC1C[C@H]1CCCCCc1c(OC2CCN(CCOC)CC2)c2ccccc2[nH]c1=O)C(C)(C)C)C(=O)NS(=O)(=O)C1(C)CC1. The van der Waals surface area contributed by atoms with Crippen LogP contribution in [0, 0.1) is 11.3 Å². The second-order valence-corrected chi connectivity index (χ2v) is 25.3. The van der Waals surface area contributed by atoms with Crippen LogP contribution < -0.4 is 46.9 Å². The van der Waals surface area contributed by atoms with E-state index in [-0.39, 0.29) is 34.2 Å². The quantitative estimate of drug-likeness (QED) is 0.0487. The fourth-order valence-electron chi connectivity index (χ4n) is 8.93. The molecular weight excluding hydrogens is 956 g/mol. The number of para-hydroxylation sites is 1. The number of aromatic amines is 1. The van der Waals surface area contributed by atoms with Crippen LogP contribution in [0.15, 0.2) is 41.7 Å². The molecule has 2 aliphatic carbocycles. The van der Waals surface area contributed by atoms with Crippen LogP contribution in [-0.4, -0.2) is 123 Å². The molecule has 1 unspecified atom stereocenters. The number of alkyl carbamates (subject to hydrolysis) is 1. The van der Waals surface area contributed by atoms with Crippen molar-refractivity contribution >= 4 is 44.7 Å². The number of likely N-dealkylation sites (tertiary alicyclic amines) is 2. The van der Waals surface area contributed by atoms with Gasteiger partial charge in [0.2, 0.25) is 0 Å². The Bertz CT molecular complexity index is 2250. The van der Waals surface area contributed by atoms with Gasteiger partial charge in [-0.15, -0.1) is 0 Å². The van der Waals surface area contributed by atoms with Crippen molar-refractivity contribution in [1.29, 1.82) is 0 Å². The zero-order valence-corrected chi connectivity index (χ0v) is 40.8. The molecular formula is C46H66IN6O10S-. The van der Waals surface area contributed by atoms with Crippen molar-refractivity contribution in [2.75, 3.05) is 39.9 Å². The number of unbranched alkanes of at least 4 members (excludes halogenated alkanes) is 2. The summed E-state index contributed by atoms with van der Waals surface area (Å²) in [6.45, 7) is 14.6. The molecule has 3 aliphatic heterocycles. The molecule has 5 fully saturated rings. The number of alkyl halides is 2. The first-order chi connectivity index (χ1) is 30.4. The number of pyridine rings is 1. The molecule has 7 rings (SSSR count). The number of benzene rings is 1. The van der Waals surface area contributed by atoms with E-state index in [1.807, 2.05) is 45.0 Å². The summed E-state index contributed by atoms with van der Waals surface area (Å²) >= 11 is -0.975. The first-order valence-corrected chi connectivity index (χ1v) is 26.7. The van der Waals surface area contributed by atoms with Crippen molar-refractivity contribution in [1.82, 2.24) is 30.1 Å². The Morgan fingerprint density at radius 3 is 2.47 bits per heavy atom. The summed E-state index contributed by atoms with van der Waals surface area (Å²) in [5, 5.41) is 6.57. The summed E-state index contributed by atoms with van der Waals surface area (Å²) in [5.74, 6) is -0.811. The standard InChI is InChI=1S/C46H66IN6O10S/c1-7-36-46(47-36,42(57)51-64(59,60)45(5)21-22-45)50-40(55)34-18-13-23-53(34)41(56)38(44(2,3)4)49-43(58)63-35-28-29(35)14-9-8-10-16-32-37(31-15-11-12-17-33(31)48-39(32)54)62-30-19-24-52(25-20-30)26-27-61-6/h7,11-12,15,17,29-30,34-36,38H,1,8-10,13-14,16,18-28H2,2-6H3,(H,48,54)(H,49,58)(H,50,55)(H,51,57)/q-1/t29-,34+,35?,36+,38-,46-/m1/s1. The van der Waals surface area contributed by atoms with E-state index in [4.69, 9.17) is 14.2 Å². The van der Waals surface area contributed by atoms with Crippen LogP contribution in [-0.2, 0) is 40.3 Å². The number of ether oxygens (including phenoxy) is 3. The number of nitrogens with zero attached hydrogens (tertiary/aromatic N) is 2. The number of sulfonamides is 1. The van der Waals surface area contributed by atoms with E-state index >= 15 is 0 Å². The molecule has 4 N–H and O–H groups in total. The molecule has 18 heteroatoms. The number of halogens is 1. The van der Waals surface area contributed by atoms with Crippen LogP contribution in [0.4, 0.5) is 4.79 Å². The summed E-state index contributed by atoms with van der Waals surface area (Å²) in [6, 6.07) is 5.90. The van der Waals surface area contributed by atoms with Gasteiger partial charge in [0.1, 0.15) is 11.9 Å². The molecule has 4 amide bonds. The van der Waals surface area contributed by atoms with Crippen molar-refractivity contribution in [2.45, 2.75) is 141 Å². The van der Waals surface area contributed by atoms with E-state index in [0.29, 0.717) is 50.0 Å². The zero-order valence-electron chi connectivity index (χ0n) is 37.8. The average Bonchev–Trinajstić information content (AvgIpc) is 4.22. The zero-order chi connectivity index (χ0) is 46.0. The number of carbonyl (C=O) groups is 4. The number of H-pyrrole nitrogens is 1. The van der Waals surface area contributed by atoms with Gasteiger partial charge in [0, 0.05) is 32.1 Å². The minimum absolute atomic E-state index is 0.0336. The number of rotatable bonds is 20. The number of amides is 4. The molecule has 2 aromatic rings. The van der Waals surface area contributed by atoms with Crippen molar-refractivity contribution < 1.29 is 63.0 Å². The van der Waals surface area contributed by atoms with E-state index < -0.39 is 80.8 Å². The van der Waals surface area contributed by atoms with Crippen LogP contribution >= 0.6 is 0 Å². The van der Waals surface area contributed by atoms with E-state index in [2.05, 4.69) is 31.8 Å². The number of piperidine rings is 1. The molecule has 1 aromatic carbocycles. The molecule has 0 bridgehead atoms. The molecule has 4 heterocycles. The topological polar surface area (TPSA) is 206 Å². The predicted octanol–water partition coefficient (Wildman–Crippen LogP) is 1.11. The Morgan fingerprint density at radius 1 is 1.06 bits per heavy atom. The molecule has 1 aromatic heterocycles. The Morgan fingerprint density at radius 2 is 1.80 bits per heavy atom. The van der Waals surface area contributed by atoms with Crippen LogP contribution in [0.3, 0.4) is 0 Å². The molecule has 16 nitrogen and oxygen atoms in total. The van der Waals surface area contributed by atoms with Gasteiger partial charge in [0.05, 0.1) is 17.7 Å². The Labute approximate surface area is 387 Å². The third-order valence-electron chi connectivity index (χ3n) is 13.5. The normalized spacial score (nSPS) is 26.0. The molecule has 0 spiro atoms. The van der Waals surface area contributed by atoms with Crippen molar-refractivity contribution in [3.05, 3.63) is 52.8 Å². The summed E-state index contributed by atoms with van der Waals surface area (Å²) in [4.78, 5) is 75.0. The van der Waals surface area contributed by atoms with Crippen LogP contribution in [0.5, 0.6) is 5.75 Å². The number of carbonyl (C=O) groups excluding carboxylic acids is 4. The third kappa shape index (κ3) is 10.9. The van der Waals surface area contributed by atoms with Gasteiger partial charge in [-0.1, -0.05) is 25.0 Å². The second kappa shape index (κ2) is 19.6. The summed E-state index contributed by atoms with van der Waals surface area (Å²) in [7, 11) is -2.20. The maximum atomic E-state index is 14.2. The fraction of sp³-hybridized carbons (Fsp3) is 0.674. The molecule has 2 saturated carbocycles. The maximum absolute atomic E-state index is 14.2. The van der Waals surface area contributed by atoms with Gasteiger partial charge in [0.15, 0.2) is 0 Å². The molecule has 0 radical (unpaired) electrons. The molecule has 64 heavy (non-hydrogen) atoms. The van der Waals surface area contributed by atoms with Gasteiger partial charge in [-0.3, -0.25) is 4.79 Å². The Kier molecular flexibility index (Phi) is 14.8. The van der Waals surface area contributed by atoms with Crippen molar-refractivity contribution in [3.63, 3.8) is 0 Å². The third-order valence-corrected chi connectivity index (χ3v) is 19.5. The molecule has 3 saturated heterocycles. The van der Waals surface area contributed by atoms with Gasteiger partial charge in [-0.05, 0) is 44.2 Å². The minimum atomic E-state index is -3.92. The Balaban J connectivity index is 0.879. The fourth-order valence-corrected chi connectivity index (χ4v) is 13.1. The molecule has 6 atom stereocenters. The number of aromatic nitrogens is 1. The van der Waals surface area contributed by atoms with Crippen LogP contribution in [0.25, 0.3) is 10.9 Å². The number of nitrogens with one attached hydrogen (secondary N) is 4. The average molecular weight is 1020 g/mol. The van der Waals surface area contributed by atoms with E-state index in [9.17, 15) is 32.4 Å².